The van der Waals surface area contributed by atoms with Crippen LogP contribution in [0.2, 0.25) is 0 Å². The van der Waals surface area contributed by atoms with Gasteiger partial charge in [0.25, 0.3) is 0 Å². The van der Waals surface area contributed by atoms with Crippen molar-refractivity contribution < 1.29 is 9.32 Å². The van der Waals surface area contributed by atoms with E-state index in [1.807, 2.05) is 40.6 Å². The molecule has 1 aromatic carbocycles. The summed E-state index contributed by atoms with van der Waals surface area (Å²) in [6.07, 6.45) is 1.71. The van der Waals surface area contributed by atoms with Gasteiger partial charge in [0, 0.05) is 24.3 Å². The molecule has 1 amide bonds. The van der Waals surface area contributed by atoms with Crippen LogP contribution >= 0.6 is 22.7 Å². The molecule has 0 aliphatic carbocycles. The van der Waals surface area contributed by atoms with Crippen molar-refractivity contribution in [2.45, 2.75) is 25.3 Å². The van der Waals surface area contributed by atoms with E-state index >= 15 is 0 Å². The molecule has 0 unspecified atom stereocenters. The molecule has 5 rings (SSSR count). The topological polar surface area (TPSA) is 59.2 Å². The van der Waals surface area contributed by atoms with E-state index in [4.69, 9.17) is 4.52 Å². The number of carbonyl (C=O) groups excluding carboxylic acids is 1. The Kier molecular flexibility index (Phi) is 4.99. The molecule has 0 saturated carbocycles. The Labute approximate surface area is 176 Å². The second-order valence-corrected chi connectivity index (χ2v) is 8.89. The predicted molar refractivity (Wildman–Crippen MR) is 114 cm³/mol. The van der Waals surface area contributed by atoms with Gasteiger partial charge in [-0.2, -0.15) is 4.98 Å². The van der Waals surface area contributed by atoms with Crippen LogP contribution in [-0.4, -0.2) is 27.5 Å². The number of benzene rings is 1. The highest BCUT2D eigenvalue weighted by Gasteiger charge is 2.32. The summed E-state index contributed by atoms with van der Waals surface area (Å²) < 4.78 is 5.36. The number of thiophene rings is 2. The van der Waals surface area contributed by atoms with Crippen molar-refractivity contribution in [2.24, 2.45) is 0 Å². The van der Waals surface area contributed by atoms with E-state index in [2.05, 4.69) is 33.7 Å². The molecule has 5 nitrogen and oxygen atoms in total. The highest BCUT2D eigenvalue weighted by atomic mass is 32.1. The monoisotopic (exact) mass is 421 g/mol. The van der Waals surface area contributed by atoms with Gasteiger partial charge in [0.2, 0.25) is 17.6 Å². The van der Waals surface area contributed by atoms with Gasteiger partial charge in [-0.05, 0) is 40.4 Å². The molecule has 4 heterocycles. The molecule has 0 fully saturated rings. The summed E-state index contributed by atoms with van der Waals surface area (Å²) in [4.78, 5) is 21.9. The lowest BCUT2D eigenvalue weighted by Crippen LogP contribution is -2.40. The fourth-order valence-electron chi connectivity index (χ4n) is 3.80. The summed E-state index contributed by atoms with van der Waals surface area (Å²) >= 11 is 3.35. The maximum Gasteiger partial charge on any atom is 0.227 e. The SMILES string of the molecule is O=C(CCc1nc(-c2cccs2)no1)N1CCc2sccc2[C@@H]1c1ccccc1. The number of fused-ring (bicyclic) bond motifs is 1. The highest BCUT2D eigenvalue weighted by Crippen LogP contribution is 2.38. The molecular weight excluding hydrogens is 402 g/mol. The third-order valence-electron chi connectivity index (χ3n) is 5.16. The fraction of sp³-hybridized carbons (Fsp3) is 0.227. The van der Waals surface area contributed by atoms with Crippen LogP contribution in [0.4, 0.5) is 0 Å². The van der Waals surface area contributed by atoms with Crippen LogP contribution in [0.25, 0.3) is 10.7 Å². The van der Waals surface area contributed by atoms with Gasteiger partial charge in [-0.15, -0.1) is 22.7 Å². The number of aryl methyl sites for hydroxylation is 1. The van der Waals surface area contributed by atoms with Crippen molar-refractivity contribution in [3.8, 4) is 10.7 Å². The first-order chi connectivity index (χ1) is 14.3. The van der Waals surface area contributed by atoms with E-state index in [0.29, 0.717) is 24.6 Å². The van der Waals surface area contributed by atoms with Crippen molar-refractivity contribution in [1.82, 2.24) is 15.0 Å². The van der Waals surface area contributed by atoms with Gasteiger partial charge in [-0.3, -0.25) is 4.79 Å². The molecule has 1 aliphatic rings. The number of aromatic nitrogens is 2. The zero-order chi connectivity index (χ0) is 19.6. The van der Waals surface area contributed by atoms with Crippen LogP contribution < -0.4 is 0 Å². The van der Waals surface area contributed by atoms with Gasteiger partial charge in [0.15, 0.2) is 0 Å². The van der Waals surface area contributed by atoms with Crippen LogP contribution in [0.3, 0.4) is 0 Å². The van der Waals surface area contributed by atoms with Crippen molar-refractivity contribution in [1.29, 1.82) is 0 Å². The molecule has 0 bridgehead atoms. The van der Waals surface area contributed by atoms with E-state index in [0.717, 1.165) is 23.4 Å². The number of hydrogen-bond acceptors (Lipinski definition) is 6. The Morgan fingerprint density at radius 1 is 1.10 bits per heavy atom. The molecular formula is C22H19N3O2S2. The van der Waals surface area contributed by atoms with Gasteiger partial charge < -0.3 is 9.42 Å². The van der Waals surface area contributed by atoms with Crippen LogP contribution in [0.5, 0.6) is 0 Å². The van der Waals surface area contributed by atoms with Crippen molar-refractivity contribution >= 4 is 28.6 Å². The maximum atomic E-state index is 13.2. The van der Waals surface area contributed by atoms with Crippen LogP contribution in [-0.2, 0) is 17.6 Å². The molecule has 146 valence electrons. The minimum atomic E-state index is -0.0249. The smallest absolute Gasteiger partial charge is 0.227 e. The molecule has 0 saturated heterocycles. The molecule has 1 atom stereocenters. The molecule has 0 spiro atoms. The molecule has 1 aliphatic heterocycles. The first kappa shape index (κ1) is 18.3. The second-order valence-electron chi connectivity index (χ2n) is 6.94. The third-order valence-corrected chi connectivity index (χ3v) is 7.03. The van der Waals surface area contributed by atoms with Gasteiger partial charge in [0.05, 0.1) is 10.9 Å². The average molecular weight is 422 g/mol. The van der Waals surface area contributed by atoms with Gasteiger partial charge in [-0.1, -0.05) is 41.6 Å². The fourth-order valence-corrected chi connectivity index (χ4v) is 5.35. The van der Waals surface area contributed by atoms with Crippen molar-refractivity contribution in [3.05, 3.63) is 81.2 Å². The highest BCUT2D eigenvalue weighted by molar-refractivity contribution is 7.13. The lowest BCUT2D eigenvalue weighted by molar-refractivity contribution is -0.133. The second kappa shape index (κ2) is 7.93. The Hall–Kier alpha value is -2.77. The Morgan fingerprint density at radius 2 is 2.00 bits per heavy atom. The number of nitrogens with zero attached hydrogens (tertiary/aromatic N) is 3. The Morgan fingerprint density at radius 3 is 2.83 bits per heavy atom. The molecule has 7 heteroatoms. The quantitative estimate of drug-likeness (QED) is 0.457. The Bertz CT molecular complexity index is 1100. The predicted octanol–water partition coefficient (Wildman–Crippen LogP) is 4.97. The van der Waals surface area contributed by atoms with E-state index in [1.54, 1.807) is 22.7 Å². The summed E-state index contributed by atoms with van der Waals surface area (Å²) in [6.45, 7) is 0.732. The van der Waals surface area contributed by atoms with Crippen LogP contribution in [0.1, 0.15) is 34.4 Å². The molecule has 0 N–H and O–H groups in total. The van der Waals surface area contributed by atoms with E-state index in [9.17, 15) is 4.79 Å². The minimum absolute atomic E-state index is 0.0249. The van der Waals surface area contributed by atoms with Gasteiger partial charge in [0.1, 0.15) is 0 Å². The summed E-state index contributed by atoms with van der Waals surface area (Å²) in [5.41, 5.74) is 2.40. The normalized spacial score (nSPS) is 16.0. The summed E-state index contributed by atoms with van der Waals surface area (Å²) in [6, 6.07) is 16.3. The molecule has 4 aromatic rings. The molecule has 3 aromatic heterocycles. The minimum Gasteiger partial charge on any atom is -0.339 e. The number of amides is 1. The van der Waals surface area contributed by atoms with Crippen molar-refractivity contribution in [2.75, 3.05) is 6.54 Å². The number of rotatable bonds is 5. The lowest BCUT2D eigenvalue weighted by Gasteiger charge is -2.36. The first-order valence-electron chi connectivity index (χ1n) is 9.57. The molecule has 0 radical (unpaired) electrons. The van der Waals surface area contributed by atoms with E-state index in [1.165, 1.54) is 10.4 Å². The summed E-state index contributed by atoms with van der Waals surface area (Å²) in [5.74, 6) is 1.21. The lowest BCUT2D eigenvalue weighted by atomic mass is 9.93. The Balaban J connectivity index is 1.33. The number of hydrogen-bond donors (Lipinski definition) is 0. The maximum absolute atomic E-state index is 13.2. The number of carbonyl (C=O) groups is 1. The third kappa shape index (κ3) is 3.63. The van der Waals surface area contributed by atoms with Crippen LogP contribution in [0.15, 0.2) is 63.8 Å². The zero-order valence-corrected chi connectivity index (χ0v) is 17.3. The zero-order valence-electron chi connectivity index (χ0n) is 15.7. The van der Waals surface area contributed by atoms with Crippen LogP contribution in [0, 0.1) is 0 Å². The van der Waals surface area contributed by atoms with Crippen molar-refractivity contribution in [3.63, 3.8) is 0 Å². The van der Waals surface area contributed by atoms with E-state index in [-0.39, 0.29) is 11.9 Å². The first-order valence-corrected chi connectivity index (χ1v) is 11.3. The standard InChI is InChI=1S/C22H19N3O2S2/c26-20(9-8-19-23-22(24-27-19)18-7-4-13-28-18)25-12-10-17-16(11-14-29-17)21(25)15-5-2-1-3-6-15/h1-7,11,13-14,21H,8-10,12H2/t21-/m0/s1. The van der Waals surface area contributed by atoms with Gasteiger partial charge >= 0.3 is 0 Å². The molecule has 29 heavy (non-hydrogen) atoms. The largest absolute Gasteiger partial charge is 0.339 e. The van der Waals surface area contributed by atoms with Gasteiger partial charge in [-0.25, -0.2) is 0 Å². The summed E-state index contributed by atoms with van der Waals surface area (Å²) in [7, 11) is 0. The van der Waals surface area contributed by atoms with E-state index < -0.39 is 0 Å². The summed E-state index contributed by atoms with van der Waals surface area (Å²) in [5, 5.41) is 8.14. The average Bonchev–Trinajstić information content (AvgIpc) is 3.52.